The Morgan fingerprint density at radius 3 is 2.73 bits per heavy atom. The molecule has 1 nitrogen and oxygen atoms in total. The average Bonchev–Trinajstić information content (AvgIpc) is 2.45. The molecule has 1 unspecified atom stereocenters. The van der Waals surface area contributed by atoms with Crippen LogP contribution in [0.1, 0.15) is 44.4 Å². The van der Waals surface area contributed by atoms with E-state index in [2.05, 4.69) is 60.2 Å². The van der Waals surface area contributed by atoms with Crippen LogP contribution in [0.15, 0.2) is 22.7 Å². The van der Waals surface area contributed by atoms with Crippen molar-refractivity contribution in [3.8, 4) is 0 Å². The molecular formula is C13H18BrN. The van der Waals surface area contributed by atoms with Crippen LogP contribution < -0.4 is 5.32 Å². The van der Waals surface area contributed by atoms with Crippen LogP contribution in [0.5, 0.6) is 0 Å². The van der Waals surface area contributed by atoms with E-state index in [1.54, 1.807) is 0 Å². The number of nitrogens with one attached hydrogen (secondary N) is 1. The van der Waals surface area contributed by atoms with Gasteiger partial charge in [0.2, 0.25) is 0 Å². The van der Waals surface area contributed by atoms with Crippen LogP contribution in [-0.4, -0.2) is 5.54 Å². The van der Waals surface area contributed by atoms with Gasteiger partial charge >= 0.3 is 0 Å². The van der Waals surface area contributed by atoms with E-state index in [-0.39, 0.29) is 5.54 Å². The molecule has 0 spiro atoms. The molecule has 0 aliphatic heterocycles. The molecule has 0 radical (unpaired) electrons. The second kappa shape index (κ2) is 3.91. The summed E-state index contributed by atoms with van der Waals surface area (Å²) in [5.41, 5.74) is 3.17. The maximum absolute atomic E-state index is 3.68. The van der Waals surface area contributed by atoms with Crippen LogP contribution in [0.3, 0.4) is 0 Å². The summed E-state index contributed by atoms with van der Waals surface area (Å²) in [6, 6.07) is 7.17. The summed E-state index contributed by atoms with van der Waals surface area (Å²) >= 11 is 3.53. The Morgan fingerprint density at radius 1 is 1.33 bits per heavy atom. The van der Waals surface area contributed by atoms with Gasteiger partial charge in [-0.15, -0.1) is 0 Å². The summed E-state index contributed by atoms with van der Waals surface area (Å²) < 4.78 is 1.19. The van der Waals surface area contributed by atoms with Crippen molar-refractivity contribution in [1.29, 1.82) is 0 Å². The Labute approximate surface area is 100 Å². The Morgan fingerprint density at radius 2 is 2.07 bits per heavy atom. The topological polar surface area (TPSA) is 12.0 Å². The zero-order valence-corrected chi connectivity index (χ0v) is 11.2. The van der Waals surface area contributed by atoms with Crippen LogP contribution in [-0.2, 0) is 6.42 Å². The zero-order valence-electron chi connectivity index (χ0n) is 9.60. The lowest BCUT2D eigenvalue weighted by Crippen LogP contribution is -2.37. The third kappa shape index (κ3) is 2.61. The molecule has 1 atom stereocenters. The van der Waals surface area contributed by atoms with Crippen LogP contribution in [0.4, 0.5) is 0 Å². The van der Waals surface area contributed by atoms with E-state index in [9.17, 15) is 0 Å². The van der Waals surface area contributed by atoms with Gasteiger partial charge < -0.3 is 5.32 Å². The monoisotopic (exact) mass is 267 g/mol. The molecule has 1 aliphatic carbocycles. The van der Waals surface area contributed by atoms with Crippen LogP contribution in [0.25, 0.3) is 0 Å². The molecule has 1 N–H and O–H groups in total. The van der Waals surface area contributed by atoms with Gasteiger partial charge in [-0.3, -0.25) is 0 Å². The van der Waals surface area contributed by atoms with E-state index in [4.69, 9.17) is 0 Å². The van der Waals surface area contributed by atoms with Gasteiger partial charge in [0.1, 0.15) is 0 Å². The van der Waals surface area contributed by atoms with Gasteiger partial charge in [0.05, 0.1) is 0 Å². The average molecular weight is 268 g/mol. The maximum Gasteiger partial charge on any atom is 0.0330 e. The first kappa shape index (κ1) is 11.2. The molecule has 0 saturated heterocycles. The van der Waals surface area contributed by atoms with Crippen molar-refractivity contribution in [2.45, 2.75) is 45.2 Å². The summed E-state index contributed by atoms with van der Waals surface area (Å²) in [5, 5.41) is 3.68. The second-order valence-corrected chi connectivity index (χ2v) is 6.24. The van der Waals surface area contributed by atoms with Crippen molar-refractivity contribution >= 4 is 15.9 Å². The van der Waals surface area contributed by atoms with E-state index >= 15 is 0 Å². The number of benzene rings is 1. The number of hydrogen-bond donors (Lipinski definition) is 1. The number of halogens is 1. The molecule has 1 aliphatic rings. The lowest BCUT2D eigenvalue weighted by atomic mass is 10.0. The fourth-order valence-corrected chi connectivity index (χ4v) is 2.67. The fraction of sp³-hybridized carbons (Fsp3) is 0.538. The quantitative estimate of drug-likeness (QED) is 0.816. The normalized spacial score (nSPS) is 20.4. The van der Waals surface area contributed by atoms with Crippen molar-refractivity contribution in [2.75, 3.05) is 0 Å². The van der Waals surface area contributed by atoms with Crippen molar-refractivity contribution in [3.05, 3.63) is 33.8 Å². The van der Waals surface area contributed by atoms with Crippen LogP contribution >= 0.6 is 15.9 Å². The number of hydrogen-bond acceptors (Lipinski definition) is 1. The molecule has 0 heterocycles. The third-order valence-corrected chi connectivity index (χ3v) is 3.28. The van der Waals surface area contributed by atoms with Gasteiger partial charge in [-0.2, -0.15) is 0 Å². The highest BCUT2D eigenvalue weighted by molar-refractivity contribution is 9.10. The van der Waals surface area contributed by atoms with Crippen molar-refractivity contribution in [1.82, 2.24) is 5.32 Å². The first-order valence-corrected chi connectivity index (χ1v) is 6.31. The van der Waals surface area contributed by atoms with E-state index in [1.807, 2.05) is 0 Å². The van der Waals surface area contributed by atoms with E-state index < -0.39 is 0 Å². The zero-order chi connectivity index (χ0) is 11.1. The minimum absolute atomic E-state index is 0.194. The van der Waals surface area contributed by atoms with E-state index in [1.165, 1.54) is 28.4 Å². The lowest BCUT2D eigenvalue weighted by molar-refractivity contribution is 0.362. The summed E-state index contributed by atoms with van der Waals surface area (Å²) in [6.45, 7) is 6.68. The van der Waals surface area contributed by atoms with Crippen LogP contribution in [0.2, 0.25) is 0 Å². The standard InChI is InChI=1S/C13H18BrN/c1-13(2,3)15-12-7-4-9-8-10(14)5-6-11(9)12/h5-6,8,12,15H,4,7H2,1-3H3. The summed E-state index contributed by atoms with van der Waals surface area (Å²) in [4.78, 5) is 0. The number of aryl methyl sites for hydroxylation is 1. The molecule has 2 heteroatoms. The van der Waals surface area contributed by atoms with Gasteiger partial charge in [-0.05, 0) is 56.9 Å². The molecule has 0 saturated carbocycles. The van der Waals surface area contributed by atoms with Gasteiger partial charge in [-0.1, -0.05) is 22.0 Å². The first-order valence-electron chi connectivity index (χ1n) is 5.52. The van der Waals surface area contributed by atoms with Crippen LogP contribution in [0, 0.1) is 0 Å². The molecule has 1 aromatic rings. The number of fused-ring (bicyclic) bond motifs is 1. The molecule has 82 valence electrons. The highest BCUT2D eigenvalue weighted by Gasteiger charge is 2.25. The van der Waals surface area contributed by atoms with Crippen molar-refractivity contribution < 1.29 is 0 Å². The fourth-order valence-electron chi connectivity index (χ4n) is 2.26. The predicted molar refractivity (Wildman–Crippen MR) is 68.1 cm³/mol. The summed E-state index contributed by atoms with van der Waals surface area (Å²) in [6.07, 6.45) is 2.42. The van der Waals surface area contributed by atoms with Crippen molar-refractivity contribution in [2.24, 2.45) is 0 Å². The van der Waals surface area contributed by atoms with Gasteiger partial charge in [0.15, 0.2) is 0 Å². The molecule has 0 aromatic heterocycles. The molecule has 0 bridgehead atoms. The molecule has 0 fully saturated rings. The summed E-state index contributed by atoms with van der Waals surface area (Å²) in [5.74, 6) is 0. The smallest absolute Gasteiger partial charge is 0.0330 e. The Balaban J connectivity index is 2.22. The van der Waals surface area contributed by atoms with Gasteiger partial charge in [0, 0.05) is 16.1 Å². The Kier molecular flexibility index (Phi) is 2.91. The second-order valence-electron chi connectivity index (χ2n) is 5.33. The Bertz CT molecular complexity index is 365. The number of rotatable bonds is 1. The van der Waals surface area contributed by atoms with E-state index in [0.717, 1.165) is 0 Å². The highest BCUT2D eigenvalue weighted by atomic mass is 79.9. The largest absolute Gasteiger partial charge is 0.305 e. The third-order valence-electron chi connectivity index (χ3n) is 2.79. The SMILES string of the molecule is CC(C)(C)NC1CCc2cc(Br)ccc21. The molecule has 15 heavy (non-hydrogen) atoms. The minimum atomic E-state index is 0.194. The lowest BCUT2D eigenvalue weighted by Gasteiger charge is -2.26. The van der Waals surface area contributed by atoms with Gasteiger partial charge in [-0.25, -0.2) is 0 Å². The maximum atomic E-state index is 3.68. The molecular weight excluding hydrogens is 250 g/mol. The first-order chi connectivity index (χ1) is 6.96. The minimum Gasteiger partial charge on any atom is -0.305 e. The molecule has 1 aromatic carbocycles. The molecule has 0 amide bonds. The highest BCUT2D eigenvalue weighted by Crippen LogP contribution is 2.34. The van der Waals surface area contributed by atoms with Gasteiger partial charge in [0.25, 0.3) is 0 Å². The van der Waals surface area contributed by atoms with Crippen molar-refractivity contribution in [3.63, 3.8) is 0 Å². The molecule has 2 rings (SSSR count). The predicted octanol–water partition coefficient (Wildman–Crippen LogP) is 3.82. The Hall–Kier alpha value is -0.340. The summed E-state index contributed by atoms with van der Waals surface area (Å²) in [7, 11) is 0. The van der Waals surface area contributed by atoms with E-state index in [0.29, 0.717) is 6.04 Å².